The summed E-state index contributed by atoms with van der Waals surface area (Å²) in [6.07, 6.45) is 63.0. The van der Waals surface area contributed by atoms with Crippen LogP contribution >= 0.6 is 7.82 Å². The minimum atomic E-state index is -4.46. The van der Waals surface area contributed by atoms with Crippen LogP contribution in [0, 0.1) is 0 Å². The van der Waals surface area contributed by atoms with Crippen molar-refractivity contribution in [3.63, 3.8) is 0 Å². The van der Waals surface area contributed by atoms with Crippen LogP contribution in [-0.4, -0.2) is 49.3 Å². The molecule has 0 bridgehead atoms. The molecule has 0 aliphatic heterocycles. The number of allylic oxidation sites excluding steroid dienone is 22. The van der Waals surface area contributed by atoms with E-state index < -0.39 is 39.1 Å². The highest BCUT2D eigenvalue weighted by molar-refractivity contribution is 7.47. The van der Waals surface area contributed by atoms with E-state index >= 15 is 0 Å². The van der Waals surface area contributed by atoms with Crippen LogP contribution in [-0.2, 0) is 32.7 Å². The summed E-state index contributed by atoms with van der Waals surface area (Å²) in [7, 11) is -4.46. The monoisotopic (exact) mass is 836 g/mol. The molecule has 0 saturated heterocycles. The first-order valence-corrected chi connectivity index (χ1v) is 23.0. The molecule has 0 spiro atoms. The van der Waals surface area contributed by atoms with Crippen LogP contribution < -0.4 is 5.73 Å². The topological polar surface area (TPSA) is 134 Å². The number of ether oxygens (including phenoxy) is 2. The third-order valence-corrected chi connectivity index (χ3v) is 9.16. The second-order valence-corrected chi connectivity index (χ2v) is 15.0. The maximum Gasteiger partial charge on any atom is 0.472 e. The molecule has 0 heterocycles. The Hall–Kier alpha value is -4.11. The second-order valence-electron chi connectivity index (χ2n) is 13.5. The third-order valence-electron chi connectivity index (χ3n) is 8.18. The molecule has 0 aliphatic carbocycles. The fourth-order valence-corrected chi connectivity index (χ4v) is 5.77. The van der Waals surface area contributed by atoms with Gasteiger partial charge in [-0.15, -0.1) is 0 Å². The minimum Gasteiger partial charge on any atom is -0.458 e. The lowest BCUT2D eigenvalue weighted by Crippen LogP contribution is -2.28. The molecule has 3 N–H and O–H groups in total. The summed E-state index contributed by atoms with van der Waals surface area (Å²) in [6.45, 7) is 3.28. The predicted octanol–water partition coefficient (Wildman–Crippen LogP) is 12.5. The summed E-state index contributed by atoms with van der Waals surface area (Å²) in [5, 5.41) is 0. The highest BCUT2D eigenvalue weighted by Gasteiger charge is 2.25. The Bertz CT molecular complexity index is 1460. The van der Waals surface area contributed by atoms with E-state index in [2.05, 4.69) is 38.2 Å². The number of unbranched alkanes of at least 4 members (excludes halogenated alkanes) is 14. The number of phosphoric acid groups is 1. The molecule has 0 fully saturated rings. The van der Waals surface area contributed by atoms with Crippen molar-refractivity contribution in [2.45, 2.75) is 123 Å². The Morgan fingerprint density at radius 2 is 0.881 bits per heavy atom. The predicted molar refractivity (Wildman–Crippen MR) is 247 cm³/mol. The molecule has 0 aromatic rings. The van der Waals surface area contributed by atoms with E-state index in [0.29, 0.717) is 0 Å². The second kappa shape index (κ2) is 43.5. The van der Waals surface area contributed by atoms with Gasteiger partial charge < -0.3 is 20.1 Å². The lowest BCUT2D eigenvalue weighted by Gasteiger charge is -2.18. The van der Waals surface area contributed by atoms with Gasteiger partial charge in [-0.3, -0.25) is 9.05 Å². The van der Waals surface area contributed by atoms with Gasteiger partial charge in [0.15, 0.2) is 6.10 Å². The van der Waals surface area contributed by atoms with Crippen molar-refractivity contribution in [3.05, 3.63) is 146 Å². The van der Waals surface area contributed by atoms with Gasteiger partial charge in [0.05, 0.1) is 13.2 Å². The summed E-state index contributed by atoms with van der Waals surface area (Å²) in [5.41, 5.74) is 5.32. The molecule has 2 unspecified atom stereocenters. The van der Waals surface area contributed by atoms with Gasteiger partial charge in [0.1, 0.15) is 6.61 Å². The molecule has 0 aromatic carbocycles. The third kappa shape index (κ3) is 43.3. The molecule has 0 saturated carbocycles. The average molecular weight is 836 g/mol. The Balaban J connectivity index is 4.68. The maximum absolute atomic E-state index is 12.4. The zero-order valence-electron chi connectivity index (χ0n) is 35.9. The van der Waals surface area contributed by atoms with Gasteiger partial charge in [0, 0.05) is 18.7 Å². The van der Waals surface area contributed by atoms with E-state index in [-0.39, 0.29) is 13.2 Å². The highest BCUT2D eigenvalue weighted by Crippen LogP contribution is 2.43. The average Bonchev–Trinajstić information content (AvgIpc) is 3.22. The van der Waals surface area contributed by atoms with Crippen LogP contribution in [0.1, 0.15) is 117 Å². The SMILES string of the molecule is CCCCCCCCCC=CC=CC=CC=CC=CC=CC(=O)OCC(COP(=O)(O)OCCN)OC(=O)C=CC=CC=CC=CC=CC=CCCCCCCCCC. The Kier molecular flexibility index (Phi) is 40.4. The number of nitrogens with two attached hydrogens (primary N) is 1. The largest absolute Gasteiger partial charge is 0.472 e. The van der Waals surface area contributed by atoms with Crippen molar-refractivity contribution in [1.82, 2.24) is 0 Å². The highest BCUT2D eigenvalue weighted by atomic mass is 31.2. The molecule has 59 heavy (non-hydrogen) atoms. The zero-order chi connectivity index (χ0) is 43.2. The summed E-state index contributed by atoms with van der Waals surface area (Å²) >= 11 is 0. The van der Waals surface area contributed by atoms with Crippen molar-refractivity contribution < 1.29 is 37.6 Å². The molecule has 10 heteroatoms. The van der Waals surface area contributed by atoms with E-state index in [1.54, 1.807) is 30.4 Å². The summed E-state index contributed by atoms with van der Waals surface area (Å²) in [5.74, 6) is -1.48. The zero-order valence-corrected chi connectivity index (χ0v) is 36.8. The summed E-state index contributed by atoms with van der Waals surface area (Å²) in [4.78, 5) is 34.5. The van der Waals surface area contributed by atoms with Crippen LogP contribution in [0.15, 0.2) is 146 Å². The van der Waals surface area contributed by atoms with E-state index in [0.717, 1.165) is 12.8 Å². The van der Waals surface area contributed by atoms with Gasteiger partial charge in [-0.25, -0.2) is 14.2 Å². The van der Waals surface area contributed by atoms with Crippen molar-refractivity contribution in [3.8, 4) is 0 Å². The fourth-order valence-electron chi connectivity index (χ4n) is 5.01. The number of phosphoric ester groups is 1. The van der Waals surface area contributed by atoms with E-state index in [1.807, 2.05) is 66.8 Å². The van der Waals surface area contributed by atoms with Crippen molar-refractivity contribution in [1.29, 1.82) is 0 Å². The quantitative estimate of drug-likeness (QED) is 0.0206. The smallest absolute Gasteiger partial charge is 0.458 e. The summed E-state index contributed by atoms with van der Waals surface area (Å²) < 4.78 is 32.2. The fraction of sp³-hybridized carbons (Fsp3) is 0.469. The van der Waals surface area contributed by atoms with Crippen LogP contribution in [0.4, 0.5) is 0 Å². The minimum absolute atomic E-state index is 0.00369. The van der Waals surface area contributed by atoms with Crippen LogP contribution in [0.25, 0.3) is 0 Å². The number of hydrogen-bond donors (Lipinski definition) is 2. The standard InChI is InChI=1S/C49H74NO8P/c1-3-5-7-9-11-13-15-17-19-21-23-25-27-29-31-33-35-37-39-41-48(51)55-45-47(46-57-59(53,54)56-44-43-50)58-49(52)42-40-38-36-34-32-30-28-26-24-22-20-18-16-14-12-10-8-6-4-2/h19-42,47H,3-18,43-46,50H2,1-2H3,(H,53,54). The van der Waals surface area contributed by atoms with E-state index in [4.69, 9.17) is 24.3 Å². The van der Waals surface area contributed by atoms with E-state index in [9.17, 15) is 19.0 Å². The molecule has 0 radical (unpaired) electrons. The molecular weight excluding hydrogens is 762 g/mol. The Labute approximate surface area is 356 Å². The van der Waals surface area contributed by atoms with Crippen LogP contribution in [0.3, 0.4) is 0 Å². The molecular formula is C49H74NO8P. The van der Waals surface area contributed by atoms with Gasteiger partial charge in [-0.2, -0.15) is 0 Å². The van der Waals surface area contributed by atoms with Gasteiger partial charge in [0.25, 0.3) is 0 Å². The van der Waals surface area contributed by atoms with Crippen molar-refractivity contribution in [2.24, 2.45) is 5.73 Å². The molecule has 0 aliphatic rings. The number of hydrogen-bond acceptors (Lipinski definition) is 8. The van der Waals surface area contributed by atoms with Gasteiger partial charge in [-0.05, 0) is 25.7 Å². The number of carbonyl (C=O) groups excluding carboxylic acids is 2. The first-order valence-electron chi connectivity index (χ1n) is 21.5. The van der Waals surface area contributed by atoms with E-state index in [1.165, 1.54) is 114 Å². The molecule has 0 rings (SSSR count). The summed E-state index contributed by atoms with van der Waals surface area (Å²) in [6, 6.07) is 0. The van der Waals surface area contributed by atoms with Gasteiger partial charge in [-0.1, -0.05) is 225 Å². The number of carbonyl (C=O) groups is 2. The number of esters is 2. The molecule has 328 valence electrons. The molecule has 9 nitrogen and oxygen atoms in total. The molecule has 2 atom stereocenters. The van der Waals surface area contributed by atoms with Crippen molar-refractivity contribution in [2.75, 3.05) is 26.4 Å². The van der Waals surface area contributed by atoms with Gasteiger partial charge in [0.2, 0.25) is 0 Å². The van der Waals surface area contributed by atoms with Crippen molar-refractivity contribution >= 4 is 19.8 Å². The Morgan fingerprint density at radius 3 is 1.31 bits per heavy atom. The lowest BCUT2D eigenvalue weighted by molar-refractivity contribution is -0.154. The Morgan fingerprint density at radius 1 is 0.508 bits per heavy atom. The lowest BCUT2D eigenvalue weighted by atomic mass is 10.1. The molecule has 0 aromatic heterocycles. The normalized spacial score (nSPS) is 14.7. The van der Waals surface area contributed by atoms with Crippen LogP contribution in [0.2, 0.25) is 0 Å². The maximum atomic E-state index is 12.4. The molecule has 0 amide bonds. The first-order chi connectivity index (χ1) is 28.8. The van der Waals surface area contributed by atoms with Crippen LogP contribution in [0.5, 0.6) is 0 Å². The number of rotatable bonds is 37. The van der Waals surface area contributed by atoms with Gasteiger partial charge >= 0.3 is 19.8 Å². The first kappa shape index (κ1) is 54.9.